The fraction of sp³-hybridized carbons (Fsp3) is 0.310. The molecule has 3 aromatic rings. The van der Waals surface area contributed by atoms with Crippen molar-refractivity contribution in [2.45, 2.75) is 25.7 Å². The molecule has 0 bridgehead atoms. The molecule has 7 nitrogen and oxygen atoms in total. The summed E-state index contributed by atoms with van der Waals surface area (Å²) in [5.41, 5.74) is 4.29. The second kappa shape index (κ2) is 10.9. The normalized spacial score (nSPS) is 17.7. The second-order valence-electron chi connectivity index (χ2n) is 9.17. The number of aliphatic hydroxyl groups is 1. The Labute approximate surface area is 210 Å². The molecule has 2 heterocycles. The maximum absolute atomic E-state index is 12.7. The first-order chi connectivity index (χ1) is 17.6. The van der Waals surface area contributed by atoms with Gasteiger partial charge in [-0.1, -0.05) is 36.4 Å². The average Bonchev–Trinajstić information content (AvgIpc) is 2.95. The molecule has 1 unspecified atom stereocenters. The predicted octanol–water partition coefficient (Wildman–Crippen LogP) is 3.86. The van der Waals surface area contributed by atoms with E-state index in [1.54, 1.807) is 12.1 Å². The molecule has 0 saturated carbocycles. The third-order valence-electron chi connectivity index (χ3n) is 6.82. The number of ether oxygens (including phenoxy) is 2. The van der Waals surface area contributed by atoms with E-state index in [1.807, 2.05) is 59.5 Å². The molecular weight excluding hydrogens is 456 g/mol. The van der Waals surface area contributed by atoms with Gasteiger partial charge in [0.25, 0.3) is 11.8 Å². The van der Waals surface area contributed by atoms with E-state index in [0.717, 1.165) is 40.8 Å². The average molecular weight is 487 g/mol. The molecule has 0 spiro atoms. The van der Waals surface area contributed by atoms with Crippen LogP contribution >= 0.6 is 0 Å². The zero-order valence-electron chi connectivity index (χ0n) is 20.1. The summed E-state index contributed by atoms with van der Waals surface area (Å²) < 4.78 is 12.3. The highest BCUT2D eigenvalue weighted by atomic mass is 16.7. The summed E-state index contributed by atoms with van der Waals surface area (Å²) in [7, 11) is 0. The molecule has 2 aliphatic rings. The molecule has 3 aromatic carbocycles. The standard InChI is InChI=1S/C29H30N2O5/c32-17-14-30-27(33)21-8-6-20(7-9-21)24-10-11-26-25(18-24)19-35-29(36-26)23-12-15-31(16-13-23)28(34)22-4-2-1-3-5-22/h1-11,18,23,29,32H,12-17,19H2,(H,30,33). The number of fused-ring (bicyclic) bond motifs is 1. The largest absolute Gasteiger partial charge is 0.464 e. The molecule has 5 rings (SSSR count). The summed E-state index contributed by atoms with van der Waals surface area (Å²) in [4.78, 5) is 26.7. The van der Waals surface area contributed by atoms with E-state index in [-0.39, 0.29) is 37.2 Å². The number of carbonyl (C=O) groups excluding carboxylic acids is 2. The third-order valence-corrected chi connectivity index (χ3v) is 6.82. The molecule has 2 aliphatic heterocycles. The molecule has 1 fully saturated rings. The number of aliphatic hydroxyl groups excluding tert-OH is 1. The Kier molecular flexibility index (Phi) is 7.30. The topological polar surface area (TPSA) is 88.1 Å². The van der Waals surface area contributed by atoms with Crippen LogP contribution < -0.4 is 10.1 Å². The van der Waals surface area contributed by atoms with E-state index in [2.05, 4.69) is 11.4 Å². The van der Waals surface area contributed by atoms with Gasteiger partial charge in [-0.25, -0.2) is 0 Å². The van der Waals surface area contributed by atoms with Crippen molar-refractivity contribution in [3.8, 4) is 16.9 Å². The highest BCUT2D eigenvalue weighted by Crippen LogP contribution is 2.35. The van der Waals surface area contributed by atoms with Crippen molar-refractivity contribution in [2.75, 3.05) is 26.2 Å². The van der Waals surface area contributed by atoms with Crippen LogP contribution in [-0.2, 0) is 11.3 Å². The van der Waals surface area contributed by atoms with Crippen LogP contribution in [0.25, 0.3) is 11.1 Å². The number of hydrogen-bond acceptors (Lipinski definition) is 5. The minimum atomic E-state index is -0.311. The number of benzene rings is 3. The Balaban J connectivity index is 1.18. The van der Waals surface area contributed by atoms with Crippen molar-refractivity contribution in [1.82, 2.24) is 10.2 Å². The van der Waals surface area contributed by atoms with Crippen LogP contribution in [0.15, 0.2) is 72.8 Å². The molecule has 0 radical (unpaired) electrons. The van der Waals surface area contributed by atoms with Crippen molar-refractivity contribution in [3.63, 3.8) is 0 Å². The first kappa shape index (κ1) is 24.0. The van der Waals surface area contributed by atoms with Gasteiger partial charge in [-0.2, -0.15) is 0 Å². The van der Waals surface area contributed by atoms with Gasteiger partial charge in [0, 0.05) is 42.2 Å². The molecule has 2 amide bonds. The number of hydrogen-bond donors (Lipinski definition) is 2. The quantitative estimate of drug-likeness (QED) is 0.553. The monoisotopic (exact) mass is 486 g/mol. The number of amides is 2. The Morgan fingerprint density at radius 1 is 0.917 bits per heavy atom. The smallest absolute Gasteiger partial charge is 0.253 e. The van der Waals surface area contributed by atoms with Crippen molar-refractivity contribution < 1.29 is 24.2 Å². The van der Waals surface area contributed by atoms with Gasteiger partial charge in [0.1, 0.15) is 5.75 Å². The molecular formula is C29H30N2O5. The summed E-state index contributed by atoms with van der Waals surface area (Å²) in [5, 5.41) is 11.5. The van der Waals surface area contributed by atoms with Gasteiger partial charge >= 0.3 is 0 Å². The highest BCUT2D eigenvalue weighted by molar-refractivity contribution is 5.95. The summed E-state index contributed by atoms with van der Waals surface area (Å²) >= 11 is 0. The summed E-state index contributed by atoms with van der Waals surface area (Å²) in [6.07, 6.45) is 1.37. The Morgan fingerprint density at radius 2 is 1.64 bits per heavy atom. The zero-order chi connectivity index (χ0) is 24.9. The van der Waals surface area contributed by atoms with Crippen molar-refractivity contribution >= 4 is 11.8 Å². The Morgan fingerprint density at radius 3 is 2.36 bits per heavy atom. The lowest BCUT2D eigenvalue weighted by molar-refractivity contribution is -0.148. The molecule has 0 aliphatic carbocycles. The first-order valence-corrected chi connectivity index (χ1v) is 12.4. The number of carbonyl (C=O) groups is 2. The molecule has 0 aromatic heterocycles. The minimum Gasteiger partial charge on any atom is -0.464 e. The van der Waals surface area contributed by atoms with E-state index >= 15 is 0 Å². The van der Waals surface area contributed by atoms with E-state index in [0.29, 0.717) is 25.3 Å². The lowest BCUT2D eigenvalue weighted by Crippen LogP contribution is -2.44. The molecule has 2 N–H and O–H groups in total. The molecule has 36 heavy (non-hydrogen) atoms. The third kappa shape index (κ3) is 5.27. The minimum absolute atomic E-state index is 0.0798. The number of nitrogens with one attached hydrogen (secondary N) is 1. The fourth-order valence-corrected chi connectivity index (χ4v) is 4.77. The van der Waals surface area contributed by atoms with Crippen LogP contribution in [0.2, 0.25) is 0 Å². The number of piperidine rings is 1. The van der Waals surface area contributed by atoms with Crippen molar-refractivity contribution in [1.29, 1.82) is 0 Å². The van der Waals surface area contributed by atoms with Crippen LogP contribution in [0.5, 0.6) is 5.75 Å². The maximum Gasteiger partial charge on any atom is 0.253 e. The molecule has 7 heteroatoms. The van der Waals surface area contributed by atoms with E-state index in [4.69, 9.17) is 14.6 Å². The zero-order valence-corrected chi connectivity index (χ0v) is 20.1. The van der Waals surface area contributed by atoms with Gasteiger partial charge < -0.3 is 24.8 Å². The molecule has 1 saturated heterocycles. The SMILES string of the molecule is O=C(NCCO)c1ccc(-c2ccc3c(c2)COC(C2CCN(C(=O)c4ccccc4)CC2)O3)cc1. The van der Waals surface area contributed by atoms with Crippen LogP contribution in [0.3, 0.4) is 0 Å². The molecule has 1 atom stereocenters. The summed E-state index contributed by atoms with van der Waals surface area (Å²) in [5.74, 6) is 0.945. The van der Waals surface area contributed by atoms with Crippen LogP contribution in [-0.4, -0.2) is 54.4 Å². The maximum atomic E-state index is 12.7. The Bertz CT molecular complexity index is 1200. The van der Waals surface area contributed by atoms with Crippen molar-refractivity contribution in [2.24, 2.45) is 5.92 Å². The van der Waals surface area contributed by atoms with E-state index in [1.165, 1.54) is 0 Å². The van der Waals surface area contributed by atoms with Crippen LogP contribution in [0.4, 0.5) is 0 Å². The lowest BCUT2D eigenvalue weighted by atomic mass is 9.94. The second-order valence-corrected chi connectivity index (χ2v) is 9.17. The van der Waals surface area contributed by atoms with Gasteiger partial charge in [-0.3, -0.25) is 9.59 Å². The van der Waals surface area contributed by atoms with Gasteiger partial charge in [0.05, 0.1) is 13.2 Å². The summed E-state index contributed by atoms with van der Waals surface area (Å²) in [6, 6.07) is 22.9. The number of likely N-dealkylation sites (tertiary alicyclic amines) is 1. The first-order valence-electron chi connectivity index (χ1n) is 12.4. The highest BCUT2D eigenvalue weighted by Gasteiger charge is 2.33. The van der Waals surface area contributed by atoms with E-state index in [9.17, 15) is 9.59 Å². The van der Waals surface area contributed by atoms with Gasteiger partial charge in [-0.05, 0) is 60.4 Å². The van der Waals surface area contributed by atoms with E-state index < -0.39 is 0 Å². The van der Waals surface area contributed by atoms with Crippen LogP contribution in [0.1, 0.15) is 39.1 Å². The van der Waals surface area contributed by atoms with Gasteiger partial charge in [0.15, 0.2) is 0 Å². The number of rotatable bonds is 6. The molecule has 186 valence electrons. The number of nitrogens with zero attached hydrogens (tertiary/aromatic N) is 1. The van der Waals surface area contributed by atoms with Gasteiger partial charge in [-0.15, -0.1) is 0 Å². The van der Waals surface area contributed by atoms with Crippen LogP contribution in [0, 0.1) is 5.92 Å². The van der Waals surface area contributed by atoms with Crippen molar-refractivity contribution in [3.05, 3.63) is 89.5 Å². The lowest BCUT2D eigenvalue weighted by Gasteiger charge is -2.37. The predicted molar refractivity (Wildman–Crippen MR) is 136 cm³/mol. The summed E-state index contributed by atoms with van der Waals surface area (Å²) in [6.45, 7) is 2.01. The Hall–Kier alpha value is -3.68. The van der Waals surface area contributed by atoms with Gasteiger partial charge in [0.2, 0.25) is 6.29 Å². The fourth-order valence-electron chi connectivity index (χ4n) is 4.77.